The normalized spacial score (nSPS) is 14.6. The Balaban J connectivity index is 3.09. The molecule has 0 aliphatic carbocycles. The van der Waals surface area contributed by atoms with Crippen LogP contribution in [0.2, 0.25) is 0 Å². The minimum Gasteiger partial charge on any atom is -0.369 e. The summed E-state index contributed by atoms with van der Waals surface area (Å²) in [5.41, 5.74) is 8.55. The second-order valence-electron chi connectivity index (χ2n) is 4.39. The third-order valence-electron chi connectivity index (χ3n) is 3.20. The van der Waals surface area contributed by atoms with Crippen LogP contribution in [0.5, 0.6) is 0 Å². The lowest BCUT2D eigenvalue weighted by Gasteiger charge is -2.32. The van der Waals surface area contributed by atoms with E-state index in [1.807, 2.05) is 6.92 Å². The third-order valence-corrected chi connectivity index (χ3v) is 3.20. The predicted molar refractivity (Wildman–Crippen MR) is 71.8 cm³/mol. The summed E-state index contributed by atoms with van der Waals surface area (Å²) in [7, 11) is 0. The Kier molecular flexibility index (Phi) is 4.81. The zero-order valence-electron chi connectivity index (χ0n) is 10.9. The van der Waals surface area contributed by atoms with E-state index in [4.69, 9.17) is 5.73 Å². The summed E-state index contributed by atoms with van der Waals surface area (Å²) in [6.45, 7) is 9.76. The van der Waals surface area contributed by atoms with E-state index >= 15 is 0 Å². The molecule has 0 aliphatic rings. The zero-order chi connectivity index (χ0) is 12.1. The lowest BCUT2D eigenvalue weighted by molar-refractivity contribution is 0.624. The first-order valence-electron chi connectivity index (χ1n) is 6.22. The fourth-order valence-electron chi connectivity index (χ4n) is 2.07. The van der Waals surface area contributed by atoms with E-state index < -0.39 is 0 Å². The van der Waals surface area contributed by atoms with Gasteiger partial charge >= 0.3 is 0 Å². The van der Waals surface area contributed by atoms with Crippen LogP contribution < -0.4 is 10.6 Å². The zero-order valence-corrected chi connectivity index (χ0v) is 10.9. The minimum absolute atomic E-state index is 0.0920. The van der Waals surface area contributed by atoms with Gasteiger partial charge in [0.25, 0.3) is 0 Å². The number of benzene rings is 1. The summed E-state index contributed by atoms with van der Waals surface area (Å²) in [5, 5.41) is 0. The Labute approximate surface area is 99.5 Å². The molecule has 1 aromatic carbocycles. The SMILES string of the molecule is CCC(C)N(CC)c1ccccc1C(C)N. The van der Waals surface area contributed by atoms with E-state index in [1.54, 1.807) is 0 Å². The topological polar surface area (TPSA) is 29.3 Å². The fraction of sp³-hybridized carbons (Fsp3) is 0.571. The summed E-state index contributed by atoms with van der Waals surface area (Å²) in [6.07, 6.45) is 1.15. The van der Waals surface area contributed by atoms with Gasteiger partial charge in [-0.15, -0.1) is 0 Å². The van der Waals surface area contributed by atoms with Crippen LogP contribution in [0.15, 0.2) is 24.3 Å². The number of nitrogens with two attached hydrogens (primary N) is 1. The van der Waals surface area contributed by atoms with Crippen LogP contribution in [0.3, 0.4) is 0 Å². The molecule has 2 unspecified atom stereocenters. The average molecular weight is 220 g/mol. The molecular formula is C14H24N2. The third kappa shape index (κ3) is 2.76. The molecule has 1 rings (SSSR count). The second kappa shape index (κ2) is 5.90. The minimum atomic E-state index is 0.0920. The number of hydrogen-bond acceptors (Lipinski definition) is 2. The number of anilines is 1. The molecule has 0 spiro atoms. The highest BCUT2D eigenvalue weighted by Crippen LogP contribution is 2.27. The van der Waals surface area contributed by atoms with Crippen LogP contribution in [0.4, 0.5) is 5.69 Å². The number of hydrogen-bond donors (Lipinski definition) is 1. The van der Waals surface area contributed by atoms with Gasteiger partial charge in [0, 0.05) is 24.3 Å². The van der Waals surface area contributed by atoms with Crippen molar-refractivity contribution in [3.05, 3.63) is 29.8 Å². The van der Waals surface area contributed by atoms with Crippen molar-refractivity contribution in [2.24, 2.45) is 5.73 Å². The number of rotatable bonds is 5. The maximum Gasteiger partial charge on any atom is 0.0416 e. The summed E-state index contributed by atoms with van der Waals surface area (Å²) >= 11 is 0. The van der Waals surface area contributed by atoms with E-state index in [0.717, 1.165) is 13.0 Å². The van der Waals surface area contributed by atoms with Gasteiger partial charge < -0.3 is 10.6 Å². The van der Waals surface area contributed by atoms with Crippen LogP contribution in [0, 0.1) is 0 Å². The van der Waals surface area contributed by atoms with Crippen LogP contribution in [0.1, 0.15) is 45.7 Å². The average Bonchev–Trinajstić information content (AvgIpc) is 2.30. The van der Waals surface area contributed by atoms with Crippen molar-refractivity contribution < 1.29 is 0 Å². The molecule has 0 aliphatic heterocycles. The summed E-state index contributed by atoms with van der Waals surface area (Å²) in [6, 6.07) is 9.11. The van der Waals surface area contributed by atoms with Gasteiger partial charge in [-0.3, -0.25) is 0 Å². The maximum atomic E-state index is 6.02. The van der Waals surface area contributed by atoms with Crippen LogP contribution in [0.25, 0.3) is 0 Å². The molecular weight excluding hydrogens is 196 g/mol. The highest BCUT2D eigenvalue weighted by molar-refractivity contribution is 5.55. The monoisotopic (exact) mass is 220 g/mol. The Morgan fingerprint density at radius 2 is 1.81 bits per heavy atom. The Hall–Kier alpha value is -1.02. The molecule has 0 saturated carbocycles. The fourth-order valence-corrected chi connectivity index (χ4v) is 2.07. The quantitative estimate of drug-likeness (QED) is 0.824. The molecule has 0 bridgehead atoms. The van der Waals surface area contributed by atoms with Crippen molar-refractivity contribution in [1.29, 1.82) is 0 Å². The van der Waals surface area contributed by atoms with Gasteiger partial charge in [0.15, 0.2) is 0 Å². The first-order valence-corrected chi connectivity index (χ1v) is 6.22. The molecule has 0 saturated heterocycles. The molecule has 2 N–H and O–H groups in total. The van der Waals surface area contributed by atoms with Crippen molar-refractivity contribution >= 4 is 5.69 Å². The highest BCUT2D eigenvalue weighted by Gasteiger charge is 2.15. The van der Waals surface area contributed by atoms with Gasteiger partial charge in [-0.05, 0) is 38.8 Å². The van der Waals surface area contributed by atoms with E-state index in [-0.39, 0.29) is 6.04 Å². The van der Waals surface area contributed by atoms with Crippen molar-refractivity contribution in [1.82, 2.24) is 0 Å². The van der Waals surface area contributed by atoms with E-state index in [2.05, 4.69) is 49.9 Å². The van der Waals surface area contributed by atoms with Gasteiger partial charge in [-0.2, -0.15) is 0 Å². The van der Waals surface area contributed by atoms with Crippen molar-refractivity contribution in [2.75, 3.05) is 11.4 Å². The summed E-state index contributed by atoms with van der Waals surface area (Å²) in [4.78, 5) is 2.43. The number of nitrogens with zero attached hydrogens (tertiary/aromatic N) is 1. The molecule has 2 nitrogen and oxygen atoms in total. The maximum absolute atomic E-state index is 6.02. The second-order valence-corrected chi connectivity index (χ2v) is 4.39. The lowest BCUT2D eigenvalue weighted by Crippen LogP contribution is -2.33. The molecule has 2 heteroatoms. The predicted octanol–water partition coefficient (Wildman–Crippen LogP) is 3.33. The van der Waals surface area contributed by atoms with E-state index in [1.165, 1.54) is 11.3 Å². The van der Waals surface area contributed by atoms with Gasteiger partial charge in [0.2, 0.25) is 0 Å². The molecule has 90 valence electrons. The van der Waals surface area contributed by atoms with Crippen LogP contribution in [-0.4, -0.2) is 12.6 Å². The molecule has 0 heterocycles. The highest BCUT2D eigenvalue weighted by atomic mass is 15.2. The lowest BCUT2D eigenvalue weighted by atomic mass is 10.0. The Morgan fingerprint density at radius 1 is 1.19 bits per heavy atom. The van der Waals surface area contributed by atoms with Crippen LogP contribution >= 0.6 is 0 Å². The molecule has 2 atom stereocenters. The summed E-state index contributed by atoms with van der Waals surface area (Å²) < 4.78 is 0. The molecule has 0 amide bonds. The van der Waals surface area contributed by atoms with Crippen molar-refractivity contribution in [3.8, 4) is 0 Å². The van der Waals surface area contributed by atoms with Crippen molar-refractivity contribution in [2.45, 2.75) is 46.2 Å². The molecule has 1 aromatic rings. The first kappa shape index (κ1) is 13.0. The van der Waals surface area contributed by atoms with Gasteiger partial charge in [-0.25, -0.2) is 0 Å². The van der Waals surface area contributed by atoms with Gasteiger partial charge in [-0.1, -0.05) is 25.1 Å². The summed E-state index contributed by atoms with van der Waals surface area (Å²) in [5.74, 6) is 0. The van der Waals surface area contributed by atoms with Gasteiger partial charge in [0.05, 0.1) is 0 Å². The Morgan fingerprint density at radius 3 is 2.31 bits per heavy atom. The Bertz CT molecular complexity index is 320. The largest absolute Gasteiger partial charge is 0.369 e. The standard InChI is InChI=1S/C14H24N2/c1-5-11(3)16(6-2)14-10-8-7-9-13(14)12(4)15/h7-12H,5-6,15H2,1-4H3. The molecule has 0 radical (unpaired) electrons. The molecule has 16 heavy (non-hydrogen) atoms. The first-order chi connectivity index (χ1) is 7.61. The molecule has 0 fully saturated rings. The van der Waals surface area contributed by atoms with E-state index in [0.29, 0.717) is 6.04 Å². The van der Waals surface area contributed by atoms with Crippen molar-refractivity contribution in [3.63, 3.8) is 0 Å². The van der Waals surface area contributed by atoms with Crippen LogP contribution in [-0.2, 0) is 0 Å². The van der Waals surface area contributed by atoms with Gasteiger partial charge in [0.1, 0.15) is 0 Å². The smallest absolute Gasteiger partial charge is 0.0416 e. The number of para-hydroxylation sites is 1. The molecule has 0 aromatic heterocycles. The van der Waals surface area contributed by atoms with E-state index in [9.17, 15) is 0 Å².